The van der Waals surface area contributed by atoms with Crippen LogP contribution in [0.15, 0.2) is 23.8 Å². The van der Waals surface area contributed by atoms with Gasteiger partial charge in [0.05, 0.1) is 12.7 Å². The van der Waals surface area contributed by atoms with Crippen molar-refractivity contribution in [3.05, 3.63) is 40.5 Å². The third kappa shape index (κ3) is 3.00. The number of hydrogen-bond donors (Lipinski definition) is 0. The molecule has 0 aliphatic heterocycles. The number of benzene rings is 1. The molecule has 0 amide bonds. The molecule has 2 nitrogen and oxygen atoms in total. The van der Waals surface area contributed by atoms with Crippen LogP contribution in [0.1, 0.15) is 48.2 Å². The molecule has 0 aromatic heterocycles. The van der Waals surface area contributed by atoms with Gasteiger partial charge in [0.2, 0.25) is 0 Å². The van der Waals surface area contributed by atoms with E-state index in [4.69, 9.17) is 4.74 Å². The summed E-state index contributed by atoms with van der Waals surface area (Å²) >= 11 is 0. The number of ketones is 1. The van der Waals surface area contributed by atoms with Crippen molar-refractivity contribution in [2.24, 2.45) is 0 Å². The summed E-state index contributed by atoms with van der Waals surface area (Å²) in [5.74, 6) is 0.733. The van der Waals surface area contributed by atoms with Crippen LogP contribution in [-0.4, -0.2) is 12.9 Å². The third-order valence-electron chi connectivity index (χ3n) is 3.39. The highest BCUT2D eigenvalue weighted by Gasteiger charge is 2.14. The molecule has 98 valence electrons. The quantitative estimate of drug-likeness (QED) is 0.573. The fourth-order valence-electron chi connectivity index (χ4n) is 1.96. The highest BCUT2D eigenvalue weighted by Crippen LogP contribution is 2.27. The summed E-state index contributed by atoms with van der Waals surface area (Å²) in [4.78, 5) is 12.3. The molecule has 0 aliphatic carbocycles. The van der Waals surface area contributed by atoms with Gasteiger partial charge in [-0.25, -0.2) is 0 Å². The van der Waals surface area contributed by atoms with Crippen molar-refractivity contribution in [2.75, 3.05) is 7.11 Å². The maximum atomic E-state index is 12.3. The maximum Gasteiger partial charge on any atom is 0.189 e. The van der Waals surface area contributed by atoms with Gasteiger partial charge in [0.15, 0.2) is 5.78 Å². The van der Waals surface area contributed by atoms with Gasteiger partial charge < -0.3 is 4.74 Å². The summed E-state index contributed by atoms with van der Waals surface area (Å²) in [6, 6.07) is 3.82. The molecule has 1 aromatic carbocycles. The van der Waals surface area contributed by atoms with E-state index < -0.39 is 0 Å². The molecule has 0 radical (unpaired) electrons. The summed E-state index contributed by atoms with van der Waals surface area (Å²) in [6.07, 6.45) is 3.57. The third-order valence-corrected chi connectivity index (χ3v) is 3.39. The van der Waals surface area contributed by atoms with Gasteiger partial charge in [0.1, 0.15) is 5.75 Å². The molecular weight excluding hydrogens is 224 g/mol. The van der Waals surface area contributed by atoms with Crippen molar-refractivity contribution >= 4 is 5.78 Å². The van der Waals surface area contributed by atoms with Crippen molar-refractivity contribution in [3.8, 4) is 5.75 Å². The summed E-state index contributed by atoms with van der Waals surface area (Å²) in [7, 11) is 1.61. The summed E-state index contributed by atoms with van der Waals surface area (Å²) in [6.45, 7) is 8.14. The van der Waals surface area contributed by atoms with Crippen LogP contribution in [0.25, 0.3) is 0 Å². The van der Waals surface area contributed by atoms with Gasteiger partial charge in [-0.3, -0.25) is 4.79 Å². The number of allylic oxidation sites excluding steroid dienone is 2. The van der Waals surface area contributed by atoms with E-state index in [1.54, 1.807) is 13.2 Å². The van der Waals surface area contributed by atoms with Crippen molar-refractivity contribution in [1.29, 1.82) is 0 Å². The lowest BCUT2D eigenvalue weighted by Gasteiger charge is -2.12. The Bertz CT molecular complexity index is 464. The molecule has 0 heterocycles. The van der Waals surface area contributed by atoms with Crippen molar-refractivity contribution in [3.63, 3.8) is 0 Å². The summed E-state index contributed by atoms with van der Waals surface area (Å²) in [5, 5.41) is 0. The van der Waals surface area contributed by atoms with Gasteiger partial charge in [0.25, 0.3) is 0 Å². The Morgan fingerprint density at radius 2 is 1.83 bits per heavy atom. The second-order valence-electron chi connectivity index (χ2n) is 4.46. The summed E-state index contributed by atoms with van der Waals surface area (Å²) in [5.41, 5.74) is 3.99. The first-order valence-corrected chi connectivity index (χ1v) is 6.43. The minimum atomic E-state index is 0.0358. The van der Waals surface area contributed by atoms with Crippen molar-refractivity contribution in [1.82, 2.24) is 0 Å². The highest BCUT2D eigenvalue weighted by atomic mass is 16.5. The van der Waals surface area contributed by atoms with E-state index in [9.17, 15) is 4.79 Å². The van der Waals surface area contributed by atoms with Crippen LogP contribution in [0.2, 0.25) is 0 Å². The highest BCUT2D eigenvalue weighted by molar-refractivity contribution is 6.07. The Kier molecular flexibility index (Phi) is 5.14. The molecule has 18 heavy (non-hydrogen) atoms. The molecule has 0 fully saturated rings. The van der Waals surface area contributed by atoms with Crippen LogP contribution >= 0.6 is 0 Å². The Morgan fingerprint density at radius 1 is 1.22 bits per heavy atom. The van der Waals surface area contributed by atoms with E-state index in [-0.39, 0.29) is 5.78 Å². The fourth-order valence-corrected chi connectivity index (χ4v) is 1.96. The molecule has 0 aliphatic rings. The van der Waals surface area contributed by atoms with Crippen LogP contribution in [0.4, 0.5) is 0 Å². The predicted molar refractivity (Wildman–Crippen MR) is 75.5 cm³/mol. The maximum absolute atomic E-state index is 12.3. The molecule has 0 spiro atoms. The topological polar surface area (TPSA) is 26.3 Å². The fraction of sp³-hybridized carbons (Fsp3) is 0.438. The number of methoxy groups -OCH3 is 1. The minimum Gasteiger partial charge on any atom is -0.496 e. The Balaban J connectivity index is 3.22. The van der Waals surface area contributed by atoms with Gasteiger partial charge in [-0.1, -0.05) is 25.5 Å². The van der Waals surface area contributed by atoms with E-state index >= 15 is 0 Å². The van der Waals surface area contributed by atoms with E-state index in [1.807, 2.05) is 26.0 Å². The molecule has 0 saturated heterocycles. The molecule has 0 saturated carbocycles. The molecular formula is C16H22O2. The molecule has 0 N–H and O–H groups in total. The summed E-state index contributed by atoms with van der Waals surface area (Å²) < 4.78 is 5.38. The lowest BCUT2D eigenvalue weighted by Crippen LogP contribution is -2.03. The Morgan fingerprint density at radius 3 is 2.33 bits per heavy atom. The van der Waals surface area contributed by atoms with Crippen LogP contribution in [-0.2, 0) is 0 Å². The Labute approximate surface area is 110 Å². The number of carbonyl (C=O) groups is 1. The SMILES string of the molecule is CCC(=CC(=O)c1ccc(C)c(C)c1OC)CC. The van der Waals surface area contributed by atoms with Gasteiger partial charge in [-0.05, 0) is 50.0 Å². The smallest absolute Gasteiger partial charge is 0.189 e. The zero-order valence-corrected chi connectivity index (χ0v) is 12.0. The van der Waals surface area contributed by atoms with Crippen LogP contribution in [0.5, 0.6) is 5.75 Å². The number of rotatable bonds is 5. The second kappa shape index (κ2) is 6.39. The first kappa shape index (κ1) is 14.5. The van der Waals surface area contributed by atoms with E-state index in [2.05, 4.69) is 13.8 Å². The lowest BCUT2D eigenvalue weighted by molar-refractivity contribution is 0.104. The zero-order chi connectivity index (χ0) is 13.7. The van der Waals surface area contributed by atoms with Gasteiger partial charge in [-0.15, -0.1) is 0 Å². The van der Waals surface area contributed by atoms with Crippen LogP contribution in [0, 0.1) is 13.8 Å². The number of hydrogen-bond acceptors (Lipinski definition) is 2. The van der Waals surface area contributed by atoms with E-state index in [0.29, 0.717) is 11.3 Å². The van der Waals surface area contributed by atoms with Crippen LogP contribution < -0.4 is 4.74 Å². The Hall–Kier alpha value is -1.57. The van der Waals surface area contributed by atoms with Crippen molar-refractivity contribution in [2.45, 2.75) is 40.5 Å². The first-order valence-electron chi connectivity index (χ1n) is 6.43. The minimum absolute atomic E-state index is 0.0358. The van der Waals surface area contributed by atoms with E-state index in [1.165, 1.54) is 5.57 Å². The standard InChI is InChI=1S/C16H22O2/c1-6-13(7-2)10-15(17)14-9-8-11(3)12(4)16(14)18-5/h8-10H,6-7H2,1-5H3. The van der Waals surface area contributed by atoms with Crippen LogP contribution in [0.3, 0.4) is 0 Å². The number of aryl methyl sites for hydroxylation is 1. The largest absolute Gasteiger partial charge is 0.496 e. The van der Waals surface area contributed by atoms with E-state index in [0.717, 1.165) is 24.0 Å². The molecule has 0 bridgehead atoms. The molecule has 1 rings (SSSR count). The first-order chi connectivity index (χ1) is 8.54. The molecule has 1 aromatic rings. The van der Waals surface area contributed by atoms with Gasteiger partial charge in [-0.2, -0.15) is 0 Å². The zero-order valence-electron chi connectivity index (χ0n) is 12.0. The molecule has 0 atom stereocenters. The monoisotopic (exact) mass is 246 g/mol. The number of carbonyl (C=O) groups excluding carboxylic acids is 1. The normalized spacial score (nSPS) is 10.1. The molecule has 0 unspecified atom stereocenters. The van der Waals surface area contributed by atoms with Gasteiger partial charge >= 0.3 is 0 Å². The molecule has 2 heteroatoms. The number of ether oxygens (including phenoxy) is 1. The average Bonchev–Trinajstić information content (AvgIpc) is 2.38. The average molecular weight is 246 g/mol. The van der Waals surface area contributed by atoms with Gasteiger partial charge in [0, 0.05) is 0 Å². The second-order valence-corrected chi connectivity index (χ2v) is 4.46. The lowest BCUT2D eigenvalue weighted by atomic mass is 9.99. The predicted octanol–water partition coefficient (Wildman–Crippen LogP) is 4.24. The van der Waals surface area contributed by atoms with Crippen molar-refractivity contribution < 1.29 is 9.53 Å².